The molecule has 0 aromatic carbocycles. The molecule has 0 atom stereocenters. The molecule has 5 heteroatoms. The number of alkyl halides is 1. The van der Waals surface area contributed by atoms with E-state index in [4.69, 9.17) is 11.6 Å². The molecule has 1 aromatic heterocycles. The lowest BCUT2D eigenvalue weighted by atomic mass is 10.4. The first-order valence-electron chi connectivity index (χ1n) is 3.73. The fourth-order valence-electron chi connectivity index (χ4n) is 0.921. The molecule has 0 spiro atoms. The van der Waals surface area contributed by atoms with E-state index >= 15 is 0 Å². The molecule has 0 aliphatic carbocycles. The van der Waals surface area contributed by atoms with Crippen molar-refractivity contribution in [3.8, 4) is 0 Å². The Balaban J connectivity index is 2.88. The van der Waals surface area contributed by atoms with Crippen LogP contribution in [0, 0.1) is 11.6 Å². The third-order valence-electron chi connectivity index (χ3n) is 1.57. The number of rotatable bonds is 3. The highest BCUT2D eigenvalue weighted by atomic mass is 35.5. The molecule has 2 nitrogen and oxygen atoms in total. The number of halogens is 3. The van der Waals surface area contributed by atoms with E-state index in [9.17, 15) is 8.78 Å². The summed E-state index contributed by atoms with van der Waals surface area (Å²) >= 11 is 5.46. The van der Waals surface area contributed by atoms with Gasteiger partial charge in [0.25, 0.3) is 0 Å². The molecule has 1 aromatic rings. The van der Waals surface area contributed by atoms with Crippen molar-refractivity contribution in [2.75, 3.05) is 24.4 Å². The van der Waals surface area contributed by atoms with Gasteiger partial charge in [-0.3, -0.25) is 0 Å². The van der Waals surface area contributed by atoms with Crippen LogP contribution in [-0.2, 0) is 0 Å². The SMILES string of the molecule is CN(CCCl)c1ncc(F)cc1F. The second-order valence-corrected chi connectivity index (χ2v) is 2.95. The topological polar surface area (TPSA) is 16.1 Å². The average molecular weight is 207 g/mol. The molecule has 13 heavy (non-hydrogen) atoms. The lowest BCUT2D eigenvalue weighted by Crippen LogP contribution is -2.22. The molecule has 72 valence electrons. The molecule has 0 aliphatic rings. The van der Waals surface area contributed by atoms with Crippen molar-refractivity contribution in [2.45, 2.75) is 0 Å². The number of aromatic nitrogens is 1. The first kappa shape index (κ1) is 10.2. The molecule has 0 aliphatic heterocycles. The van der Waals surface area contributed by atoms with Crippen molar-refractivity contribution in [1.29, 1.82) is 0 Å². The lowest BCUT2D eigenvalue weighted by Gasteiger charge is -2.16. The summed E-state index contributed by atoms with van der Waals surface area (Å²) in [5, 5.41) is 0. The van der Waals surface area contributed by atoms with Crippen molar-refractivity contribution >= 4 is 17.4 Å². The van der Waals surface area contributed by atoms with Gasteiger partial charge in [-0.2, -0.15) is 0 Å². The first-order valence-corrected chi connectivity index (χ1v) is 4.26. The van der Waals surface area contributed by atoms with E-state index in [1.807, 2.05) is 0 Å². The van der Waals surface area contributed by atoms with Crippen LogP contribution in [0.1, 0.15) is 0 Å². The van der Waals surface area contributed by atoms with Crippen LogP contribution >= 0.6 is 11.6 Å². The average Bonchev–Trinajstić information content (AvgIpc) is 2.04. The zero-order valence-corrected chi connectivity index (χ0v) is 7.85. The summed E-state index contributed by atoms with van der Waals surface area (Å²) in [4.78, 5) is 5.14. The number of pyridine rings is 1. The number of anilines is 1. The summed E-state index contributed by atoms with van der Waals surface area (Å²) < 4.78 is 25.5. The monoisotopic (exact) mass is 206 g/mol. The van der Waals surface area contributed by atoms with Gasteiger partial charge in [0.1, 0.15) is 5.82 Å². The summed E-state index contributed by atoms with van der Waals surface area (Å²) in [6.07, 6.45) is 0.975. The molecule has 0 unspecified atom stereocenters. The van der Waals surface area contributed by atoms with Crippen molar-refractivity contribution in [2.24, 2.45) is 0 Å². The van der Waals surface area contributed by atoms with Gasteiger partial charge in [0.05, 0.1) is 6.20 Å². The van der Waals surface area contributed by atoms with E-state index in [0.717, 1.165) is 12.3 Å². The molecule has 1 heterocycles. The van der Waals surface area contributed by atoms with Crippen molar-refractivity contribution in [3.63, 3.8) is 0 Å². The van der Waals surface area contributed by atoms with Gasteiger partial charge in [-0.05, 0) is 0 Å². The Bertz CT molecular complexity index is 293. The lowest BCUT2D eigenvalue weighted by molar-refractivity contribution is 0.571. The fraction of sp³-hybridized carbons (Fsp3) is 0.375. The van der Waals surface area contributed by atoms with E-state index < -0.39 is 11.6 Å². The molecule has 0 amide bonds. The normalized spacial score (nSPS) is 10.2. The van der Waals surface area contributed by atoms with Gasteiger partial charge < -0.3 is 4.90 Å². The van der Waals surface area contributed by atoms with E-state index in [1.165, 1.54) is 4.90 Å². The second-order valence-electron chi connectivity index (χ2n) is 2.57. The van der Waals surface area contributed by atoms with Crippen LogP contribution in [0.2, 0.25) is 0 Å². The van der Waals surface area contributed by atoms with E-state index in [2.05, 4.69) is 4.98 Å². The highest BCUT2D eigenvalue weighted by Gasteiger charge is 2.09. The fourth-order valence-corrected chi connectivity index (χ4v) is 1.17. The maximum Gasteiger partial charge on any atom is 0.168 e. The first-order chi connectivity index (χ1) is 6.15. The smallest absolute Gasteiger partial charge is 0.168 e. The van der Waals surface area contributed by atoms with Crippen molar-refractivity contribution in [3.05, 3.63) is 23.9 Å². The van der Waals surface area contributed by atoms with Crippen LogP contribution in [0.25, 0.3) is 0 Å². The molecule has 0 saturated heterocycles. The highest BCUT2D eigenvalue weighted by molar-refractivity contribution is 6.18. The van der Waals surface area contributed by atoms with Crippen molar-refractivity contribution in [1.82, 2.24) is 4.98 Å². The Morgan fingerprint density at radius 1 is 1.54 bits per heavy atom. The molecule has 1 rings (SSSR count). The Labute approximate surface area is 80.1 Å². The van der Waals surface area contributed by atoms with Gasteiger partial charge in [-0.15, -0.1) is 11.6 Å². The molecule has 0 saturated carbocycles. The van der Waals surface area contributed by atoms with E-state index in [1.54, 1.807) is 7.05 Å². The zero-order valence-electron chi connectivity index (χ0n) is 7.10. The Morgan fingerprint density at radius 3 is 2.77 bits per heavy atom. The summed E-state index contributed by atoms with van der Waals surface area (Å²) in [5.74, 6) is -0.871. The van der Waals surface area contributed by atoms with Crippen LogP contribution in [0.15, 0.2) is 12.3 Å². The van der Waals surface area contributed by atoms with Crippen LogP contribution in [0.4, 0.5) is 14.6 Å². The summed E-state index contributed by atoms with van der Waals surface area (Å²) in [6, 6.07) is 0.799. The number of hydrogen-bond donors (Lipinski definition) is 0. The van der Waals surface area contributed by atoms with Crippen LogP contribution < -0.4 is 4.90 Å². The predicted octanol–water partition coefficient (Wildman–Crippen LogP) is 2.03. The van der Waals surface area contributed by atoms with Crippen LogP contribution in [0.3, 0.4) is 0 Å². The maximum absolute atomic E-state index is 13.0. The third-order valence-corrected chi connectivity index (χ3v) is 1.74. The summed E-state index contributed by atoms with van der Waals surface area (Å²) in [5.41, 5.74) is 0. The van der Waals surface area contributed by atoms with Crippen LogP contribution in [-0.4, -0.2) is 24.5 Å². The summed E-state index contributed by atoms with van der Waals surface area (Å²) in [6.45, 7) is 0.469. The van der Waals surface area contributed by atoms with Gasteiger partial charge >= 0.3 is 0 Å². The van der Waals surface area contributed by atoms with E-state index in [0.29, 0.717) is 12.4 Å². The van der Waals surface area contributed by atoms with Gasteiger partial charge in [0.15, 0.2) is 11.6 Å². The minimum absolute atomic E-state index is 0.113. The standard InChI is InChI=1S/C8H9ClF2N2/c1-13(3-2-9)8-7(11)4-6(10)5-12-8/h4-5H,2-3H2,1H3. The summed E-state index contributed by atoms with van der Waals surface area (Å²) in [7, 11) is 1.64. The van der Waals surface area contributed by atoms with Crippen molar-refractivity contribution < 1.29 is 8.78 Å². The number of nitrogens with zero attached hydrogens (tertiary/aromatic N) is 2. The Morgan fingerprint density at radius 2 is 2.23 bits per heavy atom. The van der Waals surface area contributed by atoms with Gasteiger partial charge in [-0.25, -0.2) is 13.8 Å². The van der Waals surface area contributed by atoms with Gasteiger partial charge in [-0.1, -0.05) is 0 Å². The largest absolute Gasteiger partial charge is 0.356 e. The van der Waals surface area contributed by atoms with Gasteiger partial charge in [0, 0.05) is 25.5 Å². The van der Waals surface area contributed by atoms with E-state index in [-0.39, 0.29) is 5.82 Å². The zero-order chi connectivity index (χ0) is 9.84. The third kappa shape index (κ3) is 2.52. The minimum Gasteiger partial charge on any atom is -0.356 e. The highest BCUT2D eigenvalue weighted by Crippen LogP contribution is 2.14. The molecular formula is C8H9ClF2N2. The quantitative estimate of drug-likeness (QED) is 0.704. The molecule has 0 bridgehead atoms. The van der Waals surface area contributed by atoms with Crippen LogP contribution in [0.5, 0.6) is 0 Å². The predicted molar refractivity (Wildman–Crippen MR) is 48.1 cm³/mol. The molecule has 0 fully saturated rings. The maximum atomic E-state index is 13.0. The number of hydrogen-bond acceptors (Lipinski definition) is 2. The Hall–Kier alpha value is -0.900. The Kier molecular flexibility index (Phi) is 3.42. The second kappa shape index (κ2) is 4.37. The van der Waals surface area contributed by atoms with Gasteiger partial charge in [0.2, 0.25) is 0 Å². The molecular weight excluding hydrogens is 198 g/mol. The molecule has 0 radical (unpaired) electrons. The molecule has 0 N–H and O–H groups in total. The minimum atomic E-state index is -0.680.